The fourth-order valence-electron chi connectivity index (χ4n) is 3.08. The van der Waals surface area contributed by atoms with Gasteiger partial charge in [0.2, 0.25) is 0 Å². The lowest BCUT2D eigenvalue weighted by molar-refractivity contribution is 0.231. The van der Waals surface area contributed by atoms with Crippen molar-refractivity contribution in [2.45, 2.75) is 18.9 Å². The molecule has 2 saturated heterocycles. The Labute approximate surface area is 116 Å². The van der Waals surface area contributed by atoms with Crippen LogP contribution in [0.1, 0.15) is 18.4 Å². The molecule has 2 fully saturated rings. The highest BCUT2D eigenvalue weighted by molar-refractivity contribution is 9.10. The van der Waals surface area contributed by atoms with Gasteiger partial charge >= 0.3 is 0 Å². The Hall–Kier alpha value is -1.05. The topological polar surface area (TPSA) is 30.3 Å². The summed E-state index contributed by atoms with van der Waals surface area (Å²) < 4.78 is 0.974. The number of benzene rings is 1. The maximum Gasteiger partial charge on any atom is 0.101 e. The number of fused-ring (bicyclic) bond motifs is 1. The summed E-state index contributed by atoms with van der Waals surface area (Å²) in [6.07, 6.45) is 2.62. The molecule has 94 valence electrons. The van der Waals surface area contributed by atoms with Crippen LogP contribution in [0, 0.1) is 11.3 Å². The monoisotopic (exact) mass is 305 g/mol. The van der Waals surface area contributed by atoms with Gasteiger partial charge in [-0.25, -0.2) is 0 Å². The third kappa shape index (κ3) is 2.13. The van der Waals surface area contributed by atoms with Gasteiger partial charge in [0.25, 0.3) is 0 Å². The van der Waals surface area contributed by atoms with Gasteiger partial charge in [0.05, 0.1) is 11.3 Å². The SMILES string of the molecule is N#Cc1cc(Br)ccc1N1CCN2CCCC2C1. The zero-order chi connectivity index (χ0) is 12.5. The molecule has 2 aliphatic rings. The van der Waals surface area contributed by atoms with E-state index in [1.165, 1.54) is 19.4 Å². The smallest absolute Gasteiger partial charge is 0.101 e. The molecule has 0 bridgehead atoms. The zero-order valence-electron chi connectivity index (χ0n) is 10.3. The van der Waals surface area contributed by atoms with Crippen LogP contribution in [0.5, 0.6) is 0 Å². The van der Waals surface area contributed by atoms with E-state index in [1.807, 2.05) is 12.1 Å². The Morgan fingerprint density at radius 1 is 1.28 bits per heavy atom. The van der Waals surface area contributed by atoms with E-state index in [9.17, 15) is 5.26 Å². The quantitative estimate of drug-likeness (QED) is 0.799. The van der Waals surface area contributed by atoms with E-state index < -0.39 is 0 Å². The number of hydrogen-bond donors (Lipinski definition) is 0. The summed E-state index contributed by atoms with van der Waals surface area (Å²) in [5.74, 6) is 0. The van der Waals surface area contributed by atoms with Crippen LogP contribution < -0.4 is 4.90 Å². The van der Waals surface area contributed by atoms with E-state index in [-0.39, 0.29) is 0 Å². The van der Waals surface area contributed by atoms with Crippen molar-refractivity contribution in [2.75, 3.05) is 31.1 Å². The molecule has 0 spiro atoms. The predicted octanol–water partition coefficient (Wildman–Crippen LogP) is 2.61. The van der Waals surface area contributed by atoms with Crippen LogP contribution in [0.2, 0.25) is 0 Å². The van der Waals surface area contributed by atoms with Crippen LogP contribution in [-0.2, 0) is 0 Å². The van der Waals surface area contributed by atoms with E-state index in [2.05, 4.69) is 37.9 Å². The fourth-order valence-corrected chi connectivity index (χ4v) is 3.44. The van der Waals surface area contributed by atoms with E-state index in [0.29, 0.717) is 6.04 Å². The number of rotatable bonds is 1. The van der Waals surface area contributed by atoms with Gasteiger partial charge in [-0.2, -0.15) is 5.26 Å². The van der Waals surface area contributed by atoms with Gasteiger partial charge < -0.3 is 4.90 Å². The molecule has 18 heavy (non-hydrogen) atoms. The first-order valence-corrected chi connectivity index (χ1v) is 7.26. The summed E-state index contributed by atoms with van der Waals surface area (Å²) >= 11 is 3.43. The molecule has 1 atom stereocenters. The maximum atomic E-state index is 9.25. The lowest BCUT2D eigenvalue weighted by Crippen LogP contribution is -2.50. The molecule has 0 aliphatic carbocycles. The minimum absolute atomic E-state index is 0.689. The van der Waals surface area contributed by atoms with E-state index in [4.69, 9.17) is 0 Å². The number of nitrogens with zero attached hydrogens (tertiary/aromatic N) is 3. The Bertz CT molecular complexity index is 494. The van der Waals surface area contributed by atoms with Crippen molar-refractivity contribution in [3.8, 4) is 6.07 Å². The van der Waals surface area contributed by atoms with Crippen molar-refractivity contribution in [3.05, 3.63) is 28.2 Å². The molecule has 0 amide bonds. The molecular weight excluding hydrogens is 290 g/mol. The van der Waals surface area contributed by atoms with Crippen molar-refractivity contribution in [3.63, 3.8) is 0 Å². The van der Waals surface area contributed by atoms with Gasteiger partial charge in [0.1, 0.15) is 6.07 Å². The predicted molar refractivity (Wildman–Crippen MR) is 75.7 cm³/mol. The van der Waals surface area contributed by atoms with Gasteiger partial charge in [-0.05, 0) is 37.6 Å². The summed E-state index contributed by atoms with van der Waals surface area (Å²) in [5.41, 5.74) is 1.86. The molecule has 2 aliphatic heterocycles. The minimum Gasteiger partial charge on any atom is -0.368 e. The molecular formula is C14H16BrN3. The Kier molecular flexibility index (Phi) is 3.27. The highest BCUT2D eigenvalue weighted by Gasteiger charge is 2.31. The standard InChI is InChI=1S/C14H16BrN3/c15-12-3-4-14(11(8-12)9-16)18-7-6-17-5-1-2-13(17)10-18/h3-4,8,13H,1-2,5-7,10H2. The molecule has 1 aromatic carbocycles. The van der Waals surface area contributed by atoms with E-state index in [1.54, 1.807) is 0 Å². The zero-order valence-corrected chi connectivity index (χ0v) is 11.9. The molecule has 3 nitrogen and oxygen atoms in total. The second-order valence-corrected chi connectivity index (χ2v) is 5.97. The van der Waals surface area contributed by atoms with Crippen molar-refractivity contribution >= 4 is 21.6 Å². The minimum atomic E-state index is 0.689. The highest BCUT2D eigenvalue weighted by Crippen LogP contribution is 2.29. The molecule has 0 N–H and O–H groups in total. The van der Waals surface area contributed by atoms with E-state index >= 15 is 0 Å². The van der Waals surface area contributed by atoms with Crippen LogP contribution in [0.25, 0.3) is 0 Å². The third-order valence-electron chi connectivity index (χ3n) is 4.01. The average Bonchev–Trinajstić information content (AvgIpc) is 2.85. The molecule has 0 radical (unpaired) electrons. The van der Waals surface area contributed by atoms with Gasteiger partial charge in [-0.1, -0.05) is 15.9 Å². The van der Waals surface area contributed by atoms with Crippen LogP contribution >= 0.6 is 15.9 Å². The Morgan fingerprint density at radius 3 is 3.00 bits per heavy atom. The van der Waals surface area contributed by atoms with Crippen LogP contribution in [0.4, 0.5) is 5.69 Å². The fraction of sp³-hybridized carbons (Fsp3) is 0.500. The summed E-state index contributed by atoms with van der Waals surface area (Å²) in [6, 6.07) is 9.00. The Morgan fingerprint density at radius 2 is 2.17 bits per heavy atom. The van der Waals surface area contributed by atoms with E-state index in [0.717, 1.165) is 35.4 Å². The van der Waals surface area contributed by atoms with Crippen LogP contribution in [0.15, 0.2) is 22.7 Å². The number of halogens is 1. The van der Waals surface area contributed by atoms with Gasteiger partial charge in [-0.15, -0.1) is 0 Å². The lowest BCUT2D eigenvalue weighted by Gasteiger charge is -2.39. The van der Waals surface area contributed by atoms with Crippen LogP contribution in [0.3, 0.4) is 0 Å². The molecule has 4 heteroatoms. The molecule has 1 unspecified atom stereocenters. The molecule has 0 aromatic heterocycles. The molecule has 3 rings (SSSR count). The van der Waals surface area contributed by atoms with Crippen molar-refractivity contribution in [2.24, 2.45) is 0 Å². The normalized spacial score (nSPS) is 23.8. The van der Waals surface area contributed by atoms with Crippen molar-refractivity contribution < 1.29 is 0 Å². The summed E-state index contributed by atoms with van der Waals surface area (Å²) in [4.78, 5) is 4.96. The van der Waals surface area contributed by atoms with Gasteiger partial charge in [0.15, 0.2) is 0 Å². The summed E-state index contributed by atoms with van der Waals surface area (Å²) in [6.45, 7) is 4.48. The molecule has 1 aromatic rings. The average molecular weight is 306 g/mol. The van der Waals surface area contributed by atoms with Crippen LogP contribution in [-0.4, -0.2) is 37.1 Å². The molecule has 0 saturated carbocycles. The second-order valence-electron chi connectivity index (χ2n) is 5.05. The lowest BCUT2D eigenvalue weighted by atomic mass is 10.1. The molecule has 2 heterocycles. The Balaban J connectivity index is 1.85. The van der Waals surface area contributed by atoms with Crippen molar-refractivity contribution in [1.82, 2.24) is 4.90 Å². The summed E-state index contributed by atoms with van der Waals surface area (Å²) in [5, 5.41) is 9.25. The first kappa shape index (κ1) is 12.0. The number of anilines is 1. The first-order chi connectivity index (χ1) is 8.78. The van der Waals surface area contributed by atoms with Gasteiger partial charge in [0, 0.05) is 30.1 Å². The second kappa shape index (κ2) is 4.91. The largest absolute Gasteiger partial charge is 0.368 e. The maximum absolute atomic E-state index is 9.25. The third-order valence-corrected chi connectivity index (χ3v) is 4.50. The first-order valence-electron chi connectivity index (χ1n) is 6.46. The number of nitriles is 1. The summed E-state index contributed by atoms with van der Waals surface area (Å²) in [7, 11) is 0. The van der Waals surface area contributed by atoms with Gasteiger partial charge in [-0.3, -0.25) is 4.90 Å². The highest BCUT2D eigenvalue weighted by atomic mass is 79.9. The number of piperazine rings is 1. The van der Waals surface area contributed by atoms with Crippen molar-refractivity contribution in [1.29, 1.82) is 5.26 Å². The number of hydrogen-bond acceptors (Lipinski definition) is 3.